The molecule has 20 heteroatoms. The van der Waals surface area contributed by atoms with Crippen LogP contribution in [0.1, 0.15) is 20.7 Å². The van der Waals surface area contributed by atoms with Gasteiger partial charge < -0.3 is 36.5 Å². The molecule has 0 heterocycles. The smallest absolute Gasteiger partial charge is 0.337 e. The van der Waals surface area contributed by atoms with E-state index in [1.54, 1.807) is 67.8 Å². The van der Waals surface area contributed by atoms with Crippen molar-refractivity contribution in [3.05, 3.63) is 21.8 Å². The fourth-order valence-corrected chi connectivity index (χ4v) is 6.53. The molecular weight excluding hydrogens is 1050 g/mol. The van der Waals surface area contributed by atoms with Crippen LogP contribution in [0.3, 0.4) is 0 Å². The molecule has 0 fully saturated rings. The lowest BCUT2D eigenvalue weighted by Gasteiger charge is -2.15. The zero-order valence-electron chi connectivity index (χ0n) is 18.5. The highest BCUT2D eigenvalue weighted by atomic mass is 127. The van der Waals surface area contributed by atoms with Crippen molar-refractivity contribution in [3.8, 4) is 0 Å². The highest BCUT2D eigenvalue weighted by Gasteiger charge is 2.28. The van der Waals surface area contributed by atoms with Gasteiger partial charge in [0.15, 0.2) is 13.2 Å². The number of carboxylic acid groups (broad SMARTS) is 2. The fraction of sp³-hybridized carbons (Fsp3) is 0.278. The van der Waals surface area contributed by atoms with Gasteiger partial charge in [0.25, 0.3) is 11.8 Å². The highest BCUT2D eigenvalue weighted by Crippen LogP contribution is 2.35. The van der Waals surface area contributed by atoms with Crippen molar-refractivity contribution >= 4 is 163 Å². The van der Waals surface area contributed by atoms with Gasteiger partial charge >= 0.3 is 23.9 Å². The van der Waals surface area contributed by atoms with Gasteiger partial charge in [-0.05, 0) is 67.8 Å². The van der Waals surface area contributed by atoms with Gasteiger partial charge in [0, 0.05) is 3.57 Å². The van der Waals surface area contributed by atoms with E-state index in [0.29, 0.717) is 7.14 Å². The van der Waals surface area contributed by atoms with Gasteiger partial charge in [-0.25, -0.2) is 9.59 Å². The number of nitrogens with one attached hydrogen (secondary N) is 1. The quantitative estimate of drug-likeness (QED) is 0.129. The number of hydrogen-bond acceptors (Lipinski definition) is 9. The van der Waals surface area contributed by atoms with Crippen molar-refractivity contribution in [1.82, 2.24) is 0 Å². The van der Waals surface area contributed by atoms with Crippen molar-refractivity contribution in [1.29, 1.82) is 0 Å². The molecule has 1 aromatic carbocycles. The van der Waals surface area contributed by atoms with E-state index in [1.165, 1.54) is 0 Å². The SMILES string of the molecule is NC(=O)COC(=O)CBr.NC(=O)COC(=O)CBr.O=C(CBr)Nc1c(I)c(C(=O)O)c(I)c(C(=O)O)c1I. The number of carboxylic acids is 2. The van der Waals surface area contributed by atoms with E-state index in [2.05, 4.69) is 74.0 Å². The molecule has 7 N–H and O–H groups in total. The molecule has 0 aliphatic rings. The van der Waals surface area contributed by atoms with Crippen LogP contribution in [0.15, 0.2) is 0 Å². The number of carbonyl (C=O) groups excluding carboxylic acids is 5. The second-order valence-electron chi connectivity index (χ2n) is 5.88. The molecule has 0 radical (unpaired) electrons. The molecule has 14 nitrogen and oxygen atoms in total. The van der Waals surface area contributed by atoms with Gasteiger partial charge in [0.1, 0.15) is 10.7 Å². The summed E-state index contributed by atoms with van der Waals surface area (Å²) in [5, 5.41) is 21.2. The summed E-state index contributed by atoms with van der Waals surface area (Å²) >= 11 is 13.9. The minimum Gasteiger partial charge on any atom is -0.478 e. The lowest BCUT2D eigenvalue weighted by Crippen LogP contribution is -2.21. The van der Waals surface area contributed by atoms with Crippen molar-refractivity contribution in [2.75, 3.05) is 34.5 Å². The van der Waals surface area contributed by atoms with Gasteiger partial charge in [-0.15, -0.1) is 0 Å². The Kier molecular flexibility index (Phi) is 21.7. The second kappa shape index (κ2) is 21.0. The molecule has 1 aromatic rings. The molecule has 212 valence electrons. The number of amides is 3. The van der Waals surface area contributed by atoms with Crippen molar-refractivity contribution in [3.63, 3.8) is 0 Å². The van der Waals surface area contributed by atoms with Crippen LogP contribution < -0.4 is 16.8 Å². The number of halogens is 6. The van der Waals surface area contributed by atoms with E-state index in [9.17, 15) is 43.8 Å². The normalized spacial score (nSPS) is 9.42. The van der Waals surface area contributed by atoms with Gasteiger partial charge in [-0.2, -0.15) is 0 Å². The van der Waals surface area contributed by atoms with Gasteiger partial charge in [-0.1, -0.05) is 47.8 Å². The zero-order chi connectivity index (χ0) is 30.2. The Morgan fingerprint density at radius 2 is 1.03 bits per heavy atom. The van der Waals surface area contributed by atoms with E-state index in [4.69, 9.17) is 0 Å². The van der Waals surface area contributed by atoms with Crippen LogP contribution in [0.4, 0.5) is 5.69 Å². The molecule has 0 spiro atoms. The van der Waals surface area contributed by atoms with Crippen molar-refractivity contribution in [2.45, 2.75) is 0 Å². The predicted molar refractivity (Wildman–Crippen MR) is 169 cm³/mol. The minimum atomic E-state index is -1.24. The summed E-state index contributed by atoms with van der Waals surface area (Å²) in [5.41, 5.74) is 9.27. The predicted octanol–water partition coefficient (Wildman–Crippen LogP) is 2.05. The maximum absolute atomic E-state index is 11.5. The number of benzene rings is 1. The third-order valence-electron chi connectivity index (χ3n) is 3.10. The minimum absolute atomic E-state index is 0.0238. The molecule has 0 bridgehead atoms. The number of anilines is 1. The number of rotatable bonds is 10. The Bertz CT molecular complexity index is 1020. The Hall–Kier alpha value is -0.860. The number of alkyl halides is 3. The van der Waals surface area contributed by atoms with Crippen LogP contribution in [0.2, 0.25) is 0 Å². The van der Waals surface area contributed by atoms with Crippen LogP contribution >= 0.6 is 116 Å². The van der Waals surface area contributed by atoms with E-state index in [0.717, 1.165) is 0 Å². The molecular formula is C18H17Br3I3N3O11. The molecule has 1 rings (SSSR count). The summed E-state index contributed by atoms with van der Waals surface area (Å²) in [6.07, 6.45) is 0. The summed E-state index contributed by atoms with van der Waals surface area (Å²) in [6.45, 7) is -0.686. The molecule has 0 saturated heterocycles. The summed E-state index contributed by atoms with van der Waals surface area (Å²) in [7, 11) is 0. The first-order valence-corrected chi connectivity index (χ1v) is 15.7. The van der Waals surface area contributed by atoms with Crippen LogP contribution in [-0.2, 0) is 33.4 Å². The standard InChI is InChI=1S/C10H5BrI3NO5.2C4H6BrNO3/c11-1-2(16)15-8-6(13)3(9(17)18)5(12)4(7(8)14)10(19)20;2*5-1-4(8)9-2-3(6)7/h1H2,(H,15,16)(H,17,18)(H,19,20);2*1-2H2,(H2,6,7). The van der Waals surface area contributed by atoms with Crippen molar-refractivity contribution in [2.24, 2.45) is 11.5 Å². The summed E-state index contributed by atoms with van der Waals surface area (Å²) in [6, 6.07) is 0. The average molecular weight is 1070 g/mol. The third-order valence-corrected chi connectivity index (χ3v) is 7.76. The van der Waals surface area contributed by atoms with E-state index >= 15 is 0 Å². The Morgan fingerprint density at radius 3 is 1.26 bits per heavy atom. The summed E-state index contributed by atoms with van der Waals surface area (Å²) in [4.78, 5) is 74.5. The number of primary amides is 2. The number of ether oxygens (including phenoxy) is 2. The van der Waals surface area contributed by atoms with Crippen molar-refractivity contribution < 1.29 is 53.2 Å². The first kappa shape index (κ1) is 39.3. The number of aromatic carboxylic acids is 2. The number of nitrogens with two attached hydrogens (primary N) is 2. The second-order valence-corrected chi connectivity index (χ2v) is 10.8. The van der Waals surface area contributed by atoms with E-state index in [-0.39, 0.29) is 49.6 Å². The topological polar surface area (TPSA) is 242 Å². The van der Waals surface area contributed by atoms with E-state index in [1.807, 2.05) is 0 Å². The Balaban J connectivity index is 0. The lowest BCUT2D eigenvalue weighted by atomic mass is 10.1. The van der Waals surface area contributed by atoms with Crippen LogP contribution in [0.25, 0.3) is 0 Å². The molecule has 38 heavy (non-hydrogen) atoms. The first-order chi connectivity index (χ1) is 17.5. The summed E-state index contributed by atoms with van der Waals surface area (Å²) in [5.74, 6) is -5.16. The first-order valence-electron chi connectivity index (χ1n) is 9.08. The number of esters is 2. The number of carbonyl (C=O) groups is 7. The Labute approximate surface area is 280 Å². The largest absolute Gasteiger partial charge is 0.478 e. The highest BCUT2D eigenvalue weighted by molar-refractivity contribution is 14.1. The average Bonchev–Trinajstić information content (AvgIpc) is 2.83. The van der Waals surface area contributed by atoms with E-state index < -0.39 is 41.6 Å². The molecule has 0 atom stereocenters. The molecule has 0 saturated carbocycles. The zero-order valence-corrected chi connectivity index (χ0v) is 29.8. The summed E-state index contributed by atoms with van der Waals surface area (Å²) < 4.78 is 9.31. The molecule has 3 amide bonds. The maximum atomic E-state index is 11.5. The van der Waals surface area contributed by atoms with Gasteiger partial charge in [0.2, 0.25) is 5.91 Å². The van der Waals surface area contributed by atoms with Crippen LogP contribution in [0, 0.1) is 10.7 Å². The van der Waals surface area contributed by atoms with Gasteiger partial charge in [-0.3, -0.25) is 24.0 Å². The molecule has 0 aliphatic heterocycles. The van der Waals surface area contributed by atoms with Crippen LogP contribution in [0.5, 0.6) is 0 Å². The van der Waals surface area contributed by atoms with Crippen LogP contribution in [-0.4, -0.2) is 81.0 Å². The number of hydrogen-bond donors (Lipinski definition) is 5. The molecule has 0 unspecified atom stereocenters. The molecule has 0 aromatic heterocycles. The molecule has 0 aliphatic carbocycles. The monoisotopic (exact) mass is 1070 g/mol. The fourth-order valence-electron chi connectivity index (χ4n) is 1.70. The Morgan fingerprint density at radius 1 is 0.684 bits per heavy atom. The third kappa shape index (κ3) is 15.7. The van der Waals surface area contributed by atoms with Gasteiger partial charge in [0.05, 0.1) is 29.3 Å². The maximum Gasteiger partial charge on any atom is 0.337 e. The lowest BCUT2D eigenvalue weighted by molar-refractivity contribution is -0.145.